The van der Waals surface area contributed by atoms with Crippen molar-refractivity contribution >= 4 is 11.9 Å². The Morgan fingerprint density at radius 1 is 1.19 bits per heavy atom. The first-order chi connectivity index (χ1) is 10.2. The van der Waals surface area contributed by atoms with E-state index in [1.807, 2.05) is 24.3 Å². The Balaban J connectivity index is 1.91. The molecular weight excluding hydrogens is 268 g/mol. The molecule has 0 atom stereocenters. The van der Waals surface area contributed by atoms with Gasteiger partial charge in [0.1, 0.15) is 11.3 Å². The quantitative estimate of drug-likeness (QED) is 0.869. The highest BCUT2D eigenvalue weighted by Crippen LogP contribution is 2.38. The summed E-state index contributed by atoms with van der Waals surface area (Å²) in [5.41, 5.74) is 0.269. The molecule has 1 aromatic carbocycles. The van der Waals surface area contributed by atoms with Crippen LogP contribution in [0.1, 0.15) is 37.7 Å². The first-order valence-electron chi connectivity index (χ1n) is 7.42. The van der Waals surface area contributed by atoms with Gasteiger partial charge in [-0.3, -0.25) is 10.1 Å². The predicted octanol–water partition coefficient (Wildman–Crippen LogP) is 2.45. The van der Waals surface area contributed by atoms with Gasteiger partial charge in [-0.05, 0) is 18.9 Å². The van der Waals surface area contributed by atoms with Gasteiger partial charge in [0.05, 0.1) is 13.7 Å². The van der Waals surface area contributed by atoms with Crippen LogP contribution in [-0.2, 0) is 11.3 Å². The van der Waals surface area contributed by atoms with Gasteiger partial charge in [0, 0.05) is 5.56 Å². The van der Waals surface area contributed by atoms with E-state index in [4.69, 9.17) is 4.74 Å². The number of amides is 3. The topological polar surface area (TPSA) is 58.6 Å². The number of carbonyl (C=O) groups excluding carboxylic acids is 2. The number of rotatable bonds is 3. The van der Waals surface area contributed by atoms with E-state index < -0.39 is 5.54 Å². The number of methoxy groups -OCH3 is 1. The van der Waals surface area contributed by atoms with Gasteiger partial charge in [-0.15, -0.1) is 0 Å². The molecule has 1 spiro atoms. The Hall–Kier alpha value is -2.04. The molecule has 1 aromatic rings. The van der Waals surface area contributed by atoms with E-state index in [1.54, 1.807) is 12.0 Å². The van der Waals surface area contributed by atoms with Crippen LogP contribution < -0.4 is 10.1 Å². The number of hydrogen-bond donors (Lipinski definition) is 1. The molecule has 0 aromatic heterocycles. The Bertz CT molecular complexity index is 564. The molecule has 1 N–H and O–H groups in total. The molecule has 112 valence electrons. The number of benzene rings is 1. The van der Waals surface area contributed by atoms with Gasteiger partial charge in [0.25, 0.3) is 5.91 Å². The van der Waals surface area contributed by atoms with E-state index >= 15 is 0 Å². The normalized spacial score (nSPS) is 20.7. The minimum absolute atomic E-state index is 0.137. The standard InChI is InChI=1S/C16H20N2O3/c1-21-13-8-4-3-7-12(13)11-18-15(20)17-14(19)16(18)9-5-2-6-10-16/h3-4,7-8H,2,5-6,9-11H2,1H3,(H,17,19,20). The van der Waals surface area contributed by atoms with Crippen LogP contribution >= 0.6 is 0 Å². The molecule has 21 heavy (non-hydrogen) atoms. The first-order valence-corrected chi connectivity index (χ1v) is 7.42. The lowest BCUT2D eigenvalue weighted by molar-refractivity contribution is -0.128. The molecular formula is C16H20N2O3. The zero-order valence-corrected chi connectivity index (χ0v) is 12.2. The lowest BCUT2D eigenvalue weighted by atomic mass is 9.80. The molecule has 3 amide bonds. The van der Waals surface area contributed by atoms with Crippen molar-refractivity contribution in [2.24, 2.45) is 0 Å². The first kappa shape index (κ1) is 13.9. The summed E-state index contributed by atoms with van der Waals surface area (Å²) >= 11 is 0. The van der Waals surface area contributed by atoms with Gasteiger partial charge in [-0.25, -0.2) is 4.79 Å². The Kier molecular flexibility index (Phi) is 3.57. The molecule has 1 saturated heterocycles. The minimum Gasteiger partial charge on any atom is -0.496 e. The van der Waals surface area contributed by atoms with Crippen LogP contribution in [0.3, 0.4) is 0 Å². The molecule has 2 fully saturated rings. The summed E-state index contributed by atoms with van der Waals surface area (Å²) in [6.07, 6.45) is 4.61. The molecule has 0 unspecified atom stereocenters. The van der Waals surface area contributed by atoms with E-state index in [0.29, 0.717) is 6.54 Å². The second-order valence-corrected chi connectivity index (χ2v) is 5.75. The van der Waals surface area contributed by atoms with Crippen molar-refractivity contribution in [2.75, 3.05) is 7.11 Å². The molecule has 1 heterocycles. The second-order valence-electron chi connectivity index (χ2n) is 5.75. The number of nitrogens with zero attached hydrogens (tertiary/aromatic N) is 1. The van der Waals surface area contributed by atoms with Gasteiger partial charge in [-0.1, -0.05) is 37.5 Å². The largest absolute Gasteiger partial charge is 0.496 e. The summed E-state index contributed by atoms with van der Waals surface area (Å²) < 4.78 is 5.35. The van der Waals surface area contributed by atoms with E-state index in [0.717, 1.165) is 43.4 Å². The van der Waals surface area contributed by atoms with Crippen LogP contribution in [0.15, 0.2) is 24.3 Å². The summed E-state index contributed by atoms with van der Waals surface area (Å²) in [4.78, 5) is 26.2. The number of imide groups is 1. The van der Waals surface area contributed by atoms with Gasteiger partial charge in [-0.2, -0.15) is 0 Å². The maximum atomic E-state index is 12.3. The molecule has 1 saturated carbocycles. The van der Waals surface area contributed by atoms with E-state index in [9.17, 15) is 9.59 Å². The lowest BCUT2D eigenvalue weighted by Crippen LogP contribution is -2.50. The number of nitrogens with one attached hydrogen (secondary N) is 1. The van der Waals surface area contributed by atoms with Gasteiger partial charge >= 0.3 is 6.03 Å². The highest BCUT2D eigenvalue weighted by molar-refractivity contribution is 6.07. The maximum Gasteiger partial charge on any atom is 0.325 e. The fourth-order valence-electron chi connectivity index (χ4n) is 3.46. The van der Waals surface area contributed by atoms with Crippen molar-refractivity contribution in [1.29, 1.82) is 0 Å². The highest BCUT2D eigenvalue weighted by Gasteiger charge is 2.52. The third kappa shape index (κ3) is 2.26. The summed E-state index contributed by atoms with van der Waals surface area (Å²) in [6.45, 7) is 0.404. The highest BCUT2D eigenvalue weighted by atomic mass is 16.5. The van der Waals surface area contributed by atoms with Crippen LogP contribution in [0.2, 0.25) is 0 Å². The number of carbonyl (C=O) groups is 2. The smallest absolute Gasteiger partial charge is 0.325 e. The number of hydrogen-bond acceptors (Lipinski definition) is 3. The molecule has 0 bridgehead atoms. The summed E-state index contributed by atoms with van der Waals surface area (Å²) in [5, 5.41) is 2.49. The van der Waals surface area contributed by atoms with Gasteiger partial charge in [0.2, 0.25) is 0 Å². The lowest BCUT2D eigenvalue weighted by Gasteiger charge is -2.38. The monoisotopic (exact) mass is 288 g/mol. The molecule has 0 radical (unpaired) electrons. The van der Waals surface area contributed by atoms with Crippen molar-refractivity contribution in [3.05, 3.63) is 29.8 Å². The van der Waals surface area contributed by atoms with Gasteiger partial charge in [0.15, 0.2) is 0 Å². The number of ether oxygens (including phenoxy) is 1. The van der Waals surface area contributed by atoms with Crippen LogP contribution in [0.5, 0.6) is 5.75 Å². The Labute approximate surface area is 124 Å². The number of urea groups is 1. The summed E-state index contributed by atoms with van der Waals surface area (Å²) in [5.74, 6) is 0.609. The molecule has 5 heteroatoms. The Morgan fingerprint density at radius 2 is 1.90 bits per heavy atom. The zero-order chi connectivity index (χ0) is 14.9. The predicted molar refractivity (Wildman–Crippen MR) is 77.9 cm³/mol. The molecule has 5 nitrogen and oxygen atoms in total. The molecule has 1 aliphatic carbocycles. The fourth-order valence-corrected chi connectivity index (χ4v) is 3.46. The zero-order valence-electron chi connectivity index (χ0n) is 12.2. The van der Waals surface area contributed by atoms with Crippen molar-refractivity contribution in [3.63, 3.8) is 0 Å². The molecule has 1 aliphatic heterocycles. The summed E-state index contributed by atoms with van der Waals surface area (Å²) in [6, 6.07) is 7.34. The average Bonchev–Trinajstić information content (AvgIpc) is 2.73. The van der Waals surface area contributed by atoms with Crippen molar-refractivity contribution in [2.45, 2.75) is 44.2 Å². The Morgan fingerprint density at radius 3 is 2.62 bits per heavy atom. The van der Waals surface area contributed by atoms with Crippen molar-refractivity contribution in [1.82, 2.24) is 10.2 Å². The van der Waals surface area contributed by atoms with Gasteiger partial charge < -0.3 is 9.64 Å². The minimum atomic E-state index is -0.657. The fraction of sp³-hybridized carbons (Fsp3) is 0.500. The van der Waals surface area contributed by atoms with Crippen LogP contribution in [0.4, 0.5) is 4.79 Å². The SMILES string of the molecule is COc1ccccc1CN1C(=O)NC(=O)C12CCCCC2. The third-order valence-electron chi connectivity index (χ3n) is 4.61. The van der Waals surface area contributed by atoms with E-state index in [1.165, 1.54) is 0 Å². The maximum absolute atomic E-state index is 12.3. The number of para-hydroxylation sites is 1. The van der Waals surface area contributed by atoms with E-state index in [-0.39, 0.29) is 11.9 Å². The van der Waals surface area contributed by atoms with Crippen LogP contribution in [0, 0.1) is 0 Å². The van der Waals surface area contributed by atoms with Crippen molar-refractivity contribution in [3.8, 4) is 5.75 Å². The van der Waals surface area contributed by atoms with Crippen LogP contribution in [-0.4, -0.2) is 29.5 Å². The summed E-state index contributed by atoms with van der Waals surface area (Å²) in [7, 11) is 1.62. The van der Waals surface area contributed by atoms with Crippen LogP contribution in [0.25, 0.3) is 0 Å². The van der Waals surface area contributed by atoms with Crippen molar-refractivity contribution < 1.29 is 14.3 Å². The molecule has 2 aliphatic rings. The average molecular weight is 288 g/mol. The second kappa shape index (κ2) is 5.39. The third-order valence-corrected chi connectivity index (χ3v) is 4.61. The van der Waals surface area contributed by atoms with E-state index in [2.05, 4.69) is 5.32 Å². The molecule has 3 rings (SSSR count).